The van der Waals surface area contributed by atoms with Gasteiger partial charge in [-0.15, -0.1) is 0 Å². The maximum atomic E-state index is 12.8. The van der Waals surface area contributed by atoms with Crippen molar-refractivity contribution in [2.75, 3.05) is 31.1 Å². The molecule has 1 saturated heterocycles. The summed E-state index contributed by atoms with van der Waals surface area (Å²) in [7, 11) is 0. The van der Waals surface area contributed by atoms with Gasteiger partial charge in [-0.05, 0) is 44.2 Å². The minimum Gasteiger partial charge on any atom is -0.368 e. The van der Waals surface area contributed by atoms with E-state index in [-0.39, 0.29) is 11.6 Å². The van der Waals surface area contributed by atoms with Crippen LogP contribution in [0.4, 0.5) is 11.4 Å². The van der Waals surface area contributed by atoms with Crippen molar-refractivity contribution >= 4 is 23.4 Å². The highest BCUT2D eigenvalue weighted by molar-refractivity contribution is 5.92. The number of aromatic nitrogens is 2. The van der Waals surface area contributed by atoms with E-state index in [0.29, 0.717) is 26.2 Å². The third kappa shape index (κ3) is 4.39. The molecule has 0 bridgehead atoms. The van der Waals surface area contributed by atoms with E-state index in [1.807, 2.05) is 59.8 Å². The molecule has 0 N–H and O–H groups in total. The van der Waals surface area contributed by atoms with Gasteiger partial charge >= 0.3 is 0 Å². The number of benzene rings is 2. The van der Waals surface area contributed by atoms with Crippen LogP contribution in [0.2, 0.25) is 0 Å². The molecule has 2 heterocycles. The number of piperazine rings is 1. The van der Waals surface area contributed by atoms with Crippen LogP contribution in [0.5, 0.6) is 0 Å². The highest BCUT2D eigenvalue weighted by Crippen LogP contribution is 2.22. The predicted molar refractivity (Wildman–Crippen MR) is 124 cm³/mol. The lowest BCUT2D eigenvalue weighted by Gasteiger charge is -2.35. The number of aryl methyl sites for hydroxylation is 1. The molecular weight excluding hydrogens is 406 g/mol. The van der Waals surface area contributed by atoms with Crippen LogP contribution < -0.4 is 4.90 Å². The molecule has 8 nitrogen and oxygen atoms in total. The van der Waals surface area contributed by atoms with E-state index in [0.717, 1.165) is 28.3 Å². The maximum absolute atomic E-state index is 12.8. The first-order valence-electron chi connectivity index (χ1n) is 10.5. The van der Waals surface area contributed by atoms with E-state index in [9.17, 15) is 14.9 Å². The summed E-state index contributed by atoms with van der Waals surface area (Å²) in [5.41, 5.74) is 4.80. The maximum Gasteiger partial charge on any atom is 0.269 e. The first-order valence-corrected chi connectivity index (χ1v) is 10.5. The lowest BCUT2D eigenvalue weighted by atomic mass is 10.1. The zero-order valence-corrected chi connectivity index (χ0v) is 18.1. The van der Waals surface area contributed by atoms with E-state index in [1.165, 1.54) is 12.1 Å². The van der Waals surface area contributed by atoms with Gasteiger partial charge in [0.15, 0.2) is 0 Å². The summed E-state index contributed by atoms with van der Waals surface area (Å²) in [5, 5.41) is 15.4. The van der Waals surface area contributed by atoms with E-state index < -0.39 is 4.92 Å². The van der Waals surface area contributed by atoms with E-state index in [4.69, 9.17) is 0 Å². The minimum absolute atomic E-state index is 0.0281. The van der Waals surface area contributed by atoms with E-state index in [2.05, 4.69) is 10.00 Å². The first kappa shape index (κ1) is 21.3. The second kappa shape index (κ2) is 9.05. The molecular formula is C24H25N5O3. The van der Waals surface area contributed by atoms with Crippen LogP contribution in [0, 0.1) is 24.0 Å². The van der Waals surface area contributed by atoms with Crippen molar-refractivity contribution in [3.63, 3.8) is 0 Å². The van der Waals surface area contributed by atoms with Gasteiger partial charge in [0.2, 0.25) is 5.91 Å². The number of amides is 1. The summed E-state index contributed by atoms with van der Waals surface area (Å²) in [6.45, 7) is 6.51. The molecule has 0 radical (unpaired) electrons. The van der Waals surface area contributed by atoms with Crippen molar-refractivity contribution in [2.24, 2.45) is 0 Å². The van der Waals surface area contributed by atoms with Gasteiger partial charge in [-0.3, -0.25) is 14.9 Å². The van der Waals surface area contributed by atoms with Gasteiger partial charge in [0, 0.05) is 61.3 Å². The Labute approximate surface area is 186 Å². The molecule has 4 rings (SSSR count). The number of nitrogens with zero attached hydrogens (tertiary/aromatic N) is 5. The lowest BCUT2D eigenvalue weighted by Crippen LogP contribution is -2.48. The third-order valence-corrected chi connectivity index (χ3v) is 5.76. The van der Waals surface area contributed by atoms with Crippen LogP contribution in [0.15, 0.2) is 60.7 Å². The van der Waals surface area contributed by atoms with Crippen molar-refractivity contribution in [1.82, 2.24) is 14.7 Å². The number of carbonyl (C=O) groups excluding carboxylic acids is 1. The molecule has 1 amide bonds. The van der Waals surface area contributed by atoms with Gasteiger partial charge in [0.1, 0.15) is 0 Å². The van der Waals surface area contributed by atoms with E-state index in [1.54, 1.807) is 18.2 Å². The summed E-state index contributed by atoms with van der Waals surface area (Å²) < 4.78 is 1.89. The van der Waals surface area contributed by atoms with Crippen molar-refractivity contribution in [2.45, 2.75) is 13.8 Å². The van der Waals surface area contributed by atoms with Crippen molar-refractivity contribution < 1.29 is 9.72 Å². The highest BCUT2D eigenvalue weighted by atomic mass is 16.6. The summed E-state index contributed by atoms with van der Waals surface area (Å²) in [5.74, 6) is -0.0281. The normalized spacial score (nSPS) is 14.2. The van der Waals surface area contributed by atoms with Crippen LogP contribution in [-0.4, -0.2) is 51.7 Å². The Morgan fingerprint density at radius 2 is 1.62 bits per heavy atom. The largest absolute Gasteiger partial charge is 0.368 e. The van der Waals surface area contributed by atoms with Gasteiger partial charge in [0.25, 0.3) is 5.69 Å². The molecule has 164 valence electrons. The van der Waals surface area contributed by atoms with Crippen LogP contribution in [0.25, 0.3) is 11.8 Å². The highest BCUT2D eigenvalue weighted by Gasteiger charge is 2.21. The Balaban J connectivity index is 1.39. The van der Waals surface area contributed by atoms with Crippen LogP contribution in [0.1, 0.15) is 17.0 Å². The Hall–Kier alpha value is -3.94. The zero-order valence-electron chi connectivity index (χ0n) is 18.1. The van der Waals surface area contributed by atoms with Gasteiger partial charge in [-0.1, -0.05) is 18.2 Å². The number of non-ortho nitro benzene ring substituents is 1. The van der Waals surface area contributed by atoms with Crippen LogP contribution in [-0.2, 0) is 4.79 Å². The Bertz CT molecular complexity index is 1140. The van der Waals surface area contributed by atoms with Crippen LogP contribution in [0.3, 0.4) is 0 Å². The summed E-state index contributed by atoms with van der Waals surface area (Å²) in [6.07, 6.45) is 3.47. The SMILES string of the molecule is Cc1nn(-c2ccccc2)c(C)c1/C=C/C(=O)N1CCN(c2ccc([N+](=O)[O-])cc2)CC1. The molecule has 0 atom stereocenters. The fraction of sp³-hybridized carbons (Fsp3) is 0.250. The predicted octanol–water partition coefficient (Wildman–Crippen LogP) is 3.76. The van der Waals surface area contributed by atoms with Crippen LogP contribution >= 0.6 is 0 Å². The van der Waals surface area contributed by atoms with Gasteiger partial charge in [-0.25, -0.2) is 4.68 Å². The quantitative estimate of drug-likeness (QED) is 0.349. The Kier molecular flexibility index (Phi) is 6.02. The summed E-state index contributed by atoms with van der Waals surface area (Å²) >= 11 is 0. The smallest absolute Gasteiger partial charge is 0.269 e. The molecule has 0 saturated carbocycles. The molecule has 0 spiro atoms. The molecule has 8 heteroatoms. The molecule has 1 aliphatic rings. The fourth-order valence-electron chi connectivity index (χ4n) is 3.95. The second-order valence-electron chi connectivity index (χ2n) is 7.75. The van der Waals surface area contributed by atoms with Gasteiger partial charge in [-0.2, -0.15) is 5.10 Å². The molecule has 2 aromatic carbocycles. The average Bonchev–Trinajstić information content (AvgIpc) is 3.11. The first-order chi connectivity index (χ1) is 15.4. The lowest BCUT2D eigenvalue weighted by molar-refractivity contribution is -0.384. The zero-order chi connectivity index (χ0) is 22.7. The number of carbonyl (C=O) groups is 1. The molecule has 32 heavy (non-hydrogen) atoms. The topological polar surface area (TPSA) is 84.5 Å². The van der Waals surface area contributed by atoms with Gasteiger partial charge in [0.05, 0.1) is 16.3 Å². The number of para-hydroxylation sites is 1. The minimum atomic E-state index is -0.403. The number of hydrogen-bond donors (Lipinski definition) is 0. The monoisotopic (exact) mass is 431 g/mol. The van der Waals surface area contributed by atoms with Gasteiger partial charge < -0.3 is 9.80 Å². The summed E-state index contributed by atoms with van der Waals surface area (Å²) in [4.78, 5) is 27.1. The van der Waals surface area contributed by atoms with E-state index >= 15 is 0 Å². The molecule has 1 aliphatic heterocycles. The standard InChI is InChI=1S/C24H25N5O3/c1-18-23(19(2)28(25-18)21-6-4-3-5-7-21)12-13-24(30)27-16-14-26(15-17-27)20-8-10-22(11-9-20)29(31)32/h3-13H,14-17H2,1-2H3/b13-12+. The summed E-state index contributed by atoms with van der Waals surface area (Å²) in [6, 6.07) is 16.5. The van der Waals surface area contributed by atoms with Crippen molar-refractivity contribution in [3.8, 4) is 5.69 Å². The molecule has 1 fully saturated rings. The molecule has 1 aromatic heterocycles. The molecule has 0 unspecified atom stereocenters. The average molecular weight is 431 g/mol. The van der Waals surface area contributed by atoms with Crippen molar-refractivity contribution in [1.29, 1.82) is 0 Å². The number of nitro benzene ring substituents is 1. The fourth-order valence-corrected chi connectivity index (χ4v) is 3.95. The number of anilines is 1. The number of hydrogen-bond acceptors (Lipinski definition) is 5. The number of rotatable bonds is 5. The second-order valence-corrected chi connectivity index (χ2v) is 7.75. The van der Waals surface area contributed by atoms with Crippen molar-refractivity contribution in [3.05, 3.63) is 87.7 Å². The Morgan fingerprint density at radius 3 is 2.25 bits per heavy atom. The molecule has 0 aliphatic carbocycles. The third-order valence-electron chi connectivity index (χ3n) is 5.76. The number of nitro groups is 1. The molecule has 3 aromatic rings. The Morgan fingerprint density at radius 1 is 0.969 bits per heavy atom.